The first-order valence-electron chi connectivity index (χ1n) is 8.18. The van der Waals surface area contributed by atoms with E-state index < -0.39 is 27.8 Å². The number of rotatable bonds is 7. The Bertz CT molecular complexity index is 951. The van der Waals surface area contributed by atoms with Crippen molar-refractivity contribution in [2.24, 2.45) is 0 Å². The van der Waals surface area contributed by atoms with Gasteiger partial charge in [0.25, 0.3) is 5.91 Å². The predicted octanol–water partition coefficient (Wildman–Crippen LogP) is 2.22. The number of nitrogens with one attached hydrogen (secondary N) is 1. The molecular weight excluding hydrogens is 370 g/mol. The second kappa shape index (κ2) is 8.22. The number of carboxylic acid groups (broad SMARTS) is 1. The van der Waals surface area contributed by atoms with E-state index in [0.29, 0.717) is 23.3 Å². The standard InChI is InChI=1S/C19H21NO6S/c1-4-12-7-10-15(27(3,24)25)11-16(12)18(21)20-17(19(22)23)13-5-8-14(26-2)9-6-13/h5-11,17H,4H2,1-3H3,(H,20,21)(H,22,23). The molecule has 0 aliphatic rings. The molecule has 0 heterocycles. The van der Waals surface area contributed by atoms with Crippen LogP contribution in [-0.2, 0) is 21.1 Å². The predicted molar refractivity (Wildman–Crippen MR) is 99.8 cm³/mol. The van der Waals surface area contributed by atoms with Crippen LogP contribution in [0.1, 0.15) is 34.5 Å². The molecule has 2 rings (SSSR count). The fourth-order valence-electron chi connectivity index (χ4n) is 2.60. The zero-order chi connectivity index (χ0) is 20.2. The maximum atomic E-state index is 12.7. The van der Waals surface area contributed by atoms with Gasteiger partial charge in [-0.25, -0.2) is 13.2 Å². The Kier molecular flexibility index (Phi) is 6.22. The number of sulfone groups is 1. The molecule has 0 aromatic heterocycles. The normalized spacial score (nSPS) is 12.3. The summed E-state index contributed by atoms with van der Waals surface area (Å²) in [6.45, 7) is 1.82. The van der Waals surface area contributed by atoms with Gasteiger partial charge >= 0.3 is 5.97 Å². The summed E-state index contributed by atoms with van der Waals surface area (Å²) in [6, 6.07) is 9.28. The second-order valence-electron chi connectivity index (χ2n) is 5.96. The van der Waals surface area contributed by atoms with Gasteiger partial charge in [-0.1, -0.05) is 25.1 Å². The number of aryl methyl sites for hydroxylation is 1. The summed E-state index contributed by atoms with van der Waals surface area (Å²) in [5.74, 6) is -1.32. The van der Waals surface area contributed by atoms with E-state index in [4.69, 9.17) is 4.74 Å². The molecule has 27 heavy (non-hydrogen) atoms. The Morgan fingerprint density at radius 1 is 1.15 bits per heavy atom. The third kappa shape index (κ3) is 4.85. The quantitative estimate of drug-likeness (QED) is 0.749. The molecule has 1 unspecified atom stereocenters. The van der Waals surface area contributed by atoms with Crippen LogP contribution in [0.4, 0.5) is 0 Å². The summed E-state index contributed by atoms with van der Waals surface area (Å²) in [7, 11) is -2.01. The smallest absolute Gasteiger partial charge is 0.330 e. The van der Waals surface area contributed by atoms with Gasteiger partial charge in [0, 0.05) is 11.8 Å². The minimum atomic E-state index is -3.50. The van der Waals surface area contributed by atoms with Gasteiger partial charge in [-0.05, 0) is 41.8 Å². The third-order valence-electron chi connectivity index (χ3n) is 4.11. The largest absolute Gasteiger partial charge is 0.497 e. The molecule has 0 radical (unpaired) electrons. The van der Waals surface area contributed by atoms with Gasteiger partial charge in [-0.3, -0.25) is 4.79 Å². The summed E-state index contributed by atoms with van der Waals surface area (Å²) >= 11 is 0. The topological polar surface area (TPSA) is 110 Å². The van der Waals surface area contributed by atoms with Crippen LogP contribution in [0.25, 0.3) is 0 Å². The number of carbonyl (C=O) groups is 2. The Morgan fingerprint density at radius 3 is 2.26 bits per heavy atom. The van der Waals surface area contributed by atoms with E-state index >= 15 is 0 Å². The average Bonchev–Trinajstić information content (AvgIpc) is 2.64. The van der Waals surface area contributed by atoms with Gasteiger partial charge in [0.1, 0.15) is 5.75 Å². The lowest BCUT2D eigenvalue weighted by molar-refractivity contribution is -0.139. The van der Waals surface area contributed by atoms with Gasteiger partial charge in [0.05, 0.1) is 12.0 Å². The molecule has 0 saturated carbocycles. The molecule has 0 spiro atoms. The summed E-state index contributed by atoms with van der Waals surface area (Å²) in [6.07, 6.45) is 1.54. The molecule has 2 aromatic carbocycles. The number of aliphatic carboxylic acids is 1. The molecule has 0 aliphatic heterocycles. The Hall–Kier alpha value is -2.87. The van der Waals surface area contributed by atoms with Crippen molar-refractivity contribution in [3.05, 3.63) is 59.2 Å². The first-order valence-corrected chi connectivity index (χ1v) is 10.1. The number of hydrogen-bond donors (Lipinski definition) is 2. The van der Waals surface area contributed by atoms with Crippen LogP contribution in [0.3, 0.4) is 0 Å². The Labute approximate surface area is 157 Å². The van der Waals surface area contributed by atoms with Gasteiger partial charge in [-0.2, -0.15) is 0 Å². The van der Waals surface area contributed by atoms with Gasteiger partial charge in [0.2, 0.25) is 0 Å². The molecular formula is C19H21NO6S. The molecule has 2 aromatic rings. The zero-order valence-electron chi connectivity index (χ0n) is 15.2. The summed E-state index contributed by atoms with van der Waals surface area (Å²) in [5.41, 5.74) is 1.13. The number of benzene rings is 2. The van der Waals surface area contributed by atoms with E-state index in [2.05, 4.69) is 5.32 Å². The molecule has 8 heteroatoms. The average molecular weight is 391 g/mol. The molecule has 0 aliphatic carbocycles. The third-order valence-corrected chi connectivity index (χ3v) is 5.22. The van der Waals surface area contributed by atoms with Crippen LogP contribution in [0.15, 0.2) is 47.4 Å². The minimum absolute atomic E-state index is 0.00109. The SMILES string of the molecule is CCc1ccc(S(C)(=O)=O)cc1C(=O)NC(C(=O)O)c1ccc(OC)cc1. The van der Waals surface area contributed by atoms with E-state index in [-0.39, 0.29) is 10.5 Å². The molecule has 1 amide bonds. The van der Waals surface area contributed by atoms with Crippen molar-refractivity contribution in [1.29, 1.82) is 0 Å². The van der Waals surface area contributed by atoms with Crippen molar-refractivity contribution in [3.63, 3.8) is 0 Å². The van der Waals surface area contributed by atoms with Crippen molar-refractivity contribution in [3.8, 4) is 5.75 Å². The maximum absolute atomic E-state index is 12.7. The summed E-state index contributed by atoms with van der Waals surface area (Å²) in [4.78, 5) is 24.4. The van der Waals surface area contributed by atoms with Crippen LogP contribution < -0.4 is 10.1 Å². The van der Waals surface area contributed by atoms with Crippen molar-refractivity contribution >= 4 is 21.7 Å². The molecule has 1 atom stereocenters. The van der Waals surface area contributed by atoms with E-state index in [9.17, 15) is 23.1 Å². The Morgan fingerprint density at radius 2 is 1.78 bits per heavy atom. The summed E-state index contributed by atoms with van der Waals surface area (Å²) < 4.78 is 28.6. The van der Waals surface area contributed by atoms with Crippen LogP contribution in [0.2, 0.25) is 0 Å². The van der Waals surface area contributed by atoms with Gasteiger partial charge in [-0.15, -0.1) is 0 Å². The molecule has 0 saturated heterocycles. The van der Waals surface area contributed by atoms with Crippen molar-refractivity contribution in [2.45, 2.75) is 24.3 Å². The number of amides is 1. The highest BCUT2D eigenvalue weighted by Crippen LogP contribution is 2.21. The van der Waals surface area contributed by atoms with Gasteiger partial charge in [0.15, 0.2) is 15.9 Å². The number of ether oxygens (including phenoxy) is 1. The van der Waals surface area contributed by atoms with Crippen LogP contribution in [0, 0.1) is 0 Å². The van der Waals surface area contributed by atoms with Crippen LogP contribution in [-0.4, -0.2) is 38.8 Å². The highest BCUT2D eigenvalue weighted by Gasteiger charge is 2.24. The van der Waals surface area contributed by atoms with Gasteiger partial charge < -0.3 is 15.2 Å². The fourth-order valence-corrected chi connectivity index (χ4v) is 3.25. The minimum Gasteiger partial charge on any atom is -0.497 e. The van der Waals surface area contributed by atoms with Crippen molar-refractivity contribution in [2.75, 3.05) is 13.4 Å². The number of carbonyl (C=O) groups excluding carboxylic acids is 1. The first-order chi connectivity index (χ1) is 12.7. The molecule has 0 fully saturated rings. The highest BCUT2D eigenvalue weighted by atomic mass is 32.2. The molecule has 144 valence electrons. The number of hydrogen-bond acceptors (Lipinski definition) is 5. The molecule has 7 nitrogen and oxygen atoms in total. The van der Waals surface area contributed by atoms with Crippen LogP contribution >= 0.6 is 0 Å². The van der Waals surface area contributed by atoms with Crippen molar-refractivity contribution < 1.29 is 27.9 Å². The van der Waals surface area contributed by atoms with E-state index in [1.165, 1.54) is 19.2 Å². The lowest BCUT2D eigenvalue weighted by atomic mass is 10.0. The lowest BCUT2D eigenvalue weighted by Crippen LogP contribution is -2.34. The lowest BCUT2D eigenvalue weighted by Gasteiger charge is -2.17. The molecule has 2 N–H and O–H groups in total. The Balaban J connectivity index is 2.38. The van der Waals surface area contributed by atoms with E-state index in [1.54, 1.807) is 30.3 Å². The number of carboxylic acids is 1. The highest BCUT2D eigenvalue weighted by molar-refractivity contribution is 7.90. The maximum Gasteiger partial charge on any atom is 0.330 e. The summed E-state index contributed by atoms with van der Waals surface area (Å²) in [5, 5.41) is 12.0. The van der Waals surface area contributed by atoms with Crippen LogP contribution in [0.5, 0.6) is 5.75 Å². The molecule has 0 bridgehead atoms. The number of methoxy groups -OCH3 is 1. The zero-order valence-corrected chi connectivity index (χ0v) is 16.0. The first kappa shape index (κ1) is 20.4. The fraction of sp³-hybridized carbons (Fsp3) is 0.263. The van der Waals surface area contributed by atoms with E-state index in [0.717, 1.165) is 6.26 Å². The monoisotopic (exact) mass is 391 g/mol. The van der Waals surface area contributed by atoms with E-state index in [1.807, 2.05) is 6.92 Å². The van der Waals surface area contributed by atoms with Crippen molar-refractivity contribution in [1.82, 2.24) is 5.32 Å². The second-order valence-corrected chi connectivity index (χ2v) is 7.98.